The van der Waals surface area contributed by atoms with Gasteiger partial charge in [0.15, 0.2) is 0 Å². The maximum absolute atomic E-state index is 2.33. The van der Waals surface area contributed by atoms with Gasteiger partial charge in [-0.2, -0.15) is 0 Å². The second kappa shape index (κ2) is 3.41. The van der Waals surface area contributed by atoms with Crippen LogP contribution in [-0.4, -0.2) is 7.05 Å². The highest BCUT2D eigenvalue weighted by atomic mass is 15.2. The van der Waals surface area contributed by atoms with E-state index in [4.69, 9.17) is 0 Å². The third kappa shape index (κ3) is 1.38. The van der Waals surface area contributed by atoms with E-state index in [1.807, 2.05) is 0 Å². The van der Waals surface area contributed by atoms with E-state index in [0.717, 1.165) is 6.42 Å². The molecule has 1 heterocycles. The molecular weight excluding hydrogens is 182 g/mol. The van der Waals surface area contributed by atoms with Crippen molar-refractivity contribution in [1.82, 2.24) is 0 Å². The molecule has 0 saturated carbocycles. The number of allylic oxidation sites excluding steroid dienone is 2. The first-order valence-electron chi connectivity index (χ1n) is 5.63. The van der Waals surface area contributed by atoms with Crippen LogP contribution >= 0.6 is 0 Å². The quantitative estimate of drug-likeness (QED) is 0.669. The van der Waals surface area contributed by atoms with Crippen molar-refractivity contribution in [2.45, 2.75) is 32.6 Å². The van der Waals surface area contributed by atoms with Crippen LogP contribution in [0.1, 0.15) is 32.8 Å². The largest absolute Gasteiger partial charge is 0.347 e. The smallest absolute Gasteiger partial charge is 0.0447 e. The maximum atomic E-state index is 2.33. The van der Waals surface area contributed by atoms with Gasteiger partial charge in [0.2, 0.25) is 0 Å². The van der Waals surface area contributed by atoms with E-state index >= 15 is 0 Å². The predicted molar refractivity (Wildman–Crippen MR) is 66.2 cm³/mol. The summed E-state index contributed by atoms with van der Waals surface area (Å²) < 4.78 is 0. The lowest BCUT2D eigenvalue weighted by molar-refractivity contribution is 0.636. The molecule has 1 nitrogen and oxygen atoms in total. The molecule has 0 amide bonds. The zero-order chi connectivity index (χ0) is 11.1. The molecule has 1 aromatic rings. The van der Waals surface area contributed by atoms with Gasteiger partial charge in [-0.3, -0.25) is 0 Å². The monoisotopic (exact) mass is 201 g/mol. The summed E-state index contributed by atoms with van der Waals surface area (Å²) in [5.74, 6) is 0. The van der Waals surface area contributed by atoms with Crippen molar-refractivity contribution in [3.05, 3.63) is 41.6 Å². The van der Waals surface area contributed by atoms with Crippen molar-refractivity contribution >= 4 is 5.69 Å². The Morgan fingerprint density at radius 2 is 1.93 bits per heavy atom. The van der Waals surface area contributed by atoms with Crippen molar-refractivity contribution in [1.29, 1.82) is 0 Å². The summed E-state index contributed by atoms with van der Waals surface area (Å²) >= 11 is 0. The van der Waals surface area contributed by atoms with Crippen LogP contribution in [0.3, 0.4) is 0 Å². The Morgan fingerprint density at radius 1 is 1.27 bits per heavy atom. The van der Waals surface area contributed by atoms with Crippen LogP contribution in [0, 0.1) is 0 Å². The summed E-state index contributed by atoms with van der Waals surface area (Å²) in [6.45, 7) is 6.80. The van der Waals surface area contributed by atoms with E-state index in [1.165, 1.54) is 16.9 Å². The Hall–Kier alpha value is -1.24. The number of fused-ring (bicyclic) bond motifs is 1. The Morgan fingerprint density at radius 3 is 2.53 bits per heavy atom. The van der Waals surface area contributed by atoms with Crippen LogP contribution in [0.5, 0.6) is 0 Å². The topological polar surface area (TPSA) is 3.24 Å². The number of nitrogens with zero attached hydrogens (tertiary/aromatic N) is 1. The second-order valence-corrected chi connectivity index (χ2v) is 4.70. The Balaban J connectivity index is 2.60. The fourth-order valence-corrected chi connectivity index (χ4v) is 2.57. The molecule has 1 aromatic carbocycles. The van der Waals surface area contributed by atoms with Gasteiger partial charge < -0.3 is 4.90 Å². The van der Waals surface area contributed by atoms with E-state index in [2.05, 4.69) is 63.1 Å². The van der Waals surface area contributed by atoms with Gasteiger partial charge in [0.05, 0.1) is 0 Å². The standard InChI is InChI=1S/C14H19N/c1-5-8-13-14(2,3)11-9-6-7-10-12(11)15(13)4/h6-10H,5H2,1-4H3/b13-8-. The molecule has 0 aromatic heterocycles. The third-order valence-electron chi connectivity index (χ3n) is 3.34. The van der Waals surface area contributed by atoms with Gasteiger partial charge in [-0.25, -0.2) is 0 Å². The Kier molecular flexibility index (Phi) is 2.34. The van der Waals surface area contributed by atoms with Crippen LogP contribution < -0.4 is 4.90 Å². The van der Waals surface area contributed by atoms with Crippen LogP contribution in [-0.2, 0) is 5.41 Å². The van der Waals surface area contributed by atoms with Gasteiger partial charge in [-0.1, -0.05) is 45.0 Å². The average Bonchev–Trinajstić information content (AvgIpc) is 2.41. The molecule has 0 fully saturated rings. The molecule has 0 spiro atoms. The van der Waals surface area contributed by atoms with E-state index in [0.29, 0.717) is 0 Å². The Bertz CT molecular complexity index is 402. The molecular formula is C14H19N. The molecule has 1 aliphatic rings. The number of anilines is 1. The molecule has 0 bridgehead atoms. The van der Waals surface area contributed by atoms with Crippen molar-refractivity contribution in [3.63, 3.8) is 0 Å². The Labute approximate surface area is 92.4 Å². The van der Waals surface area contributed by atoms with Gasteiger partial charge in [0.25, 0.3) is 0 Å². The zero-order valence-corrected chi connectivity index (χ0v) is 10.0. The highest BCUT2D eigenvalue weighted by molar-refractivity contribution is 5.69. The average molecular weight is 201 g/mol. The fourth-order valence-electron chi connectivity index (χ4n) is 2.57. The zero-order valence-electron chi connectivity index (χ0n) is 10.0. The SMILES string of the molecule is CC/C=C1\N(C)c2ccccc2C1(C)C. The number of rotatable bonds is 1. The number of para-hydroxylation sites is 1. The first-order valence-corrected chi connectivity index (χ1v) is 5.63. The van der Waals surface area contributed by atoms with Gasteiger partial charge >= 0.3 is 0 Å². The van der Waals surface area contributed by atoms with Crippen LogP contribution in [0.25, 0.3) is 0 Å². The lowest BCUT2D eigenvalue weighted by Crippen LogP contribution is -2.22. The van der Waals surface area contributed by atoms with Crippen LogP contribution in [0.4, 0.5) is 5.69 Å². The molecule has 1 heteroatoms. The van der Waals surface area contributed by atoms with Crippen molar-refractivity contribution < 1.29 is 0 Å². The van der Waals surface area contributed by atoms with Crippen molar-refractivity contribution in [2.75, 3.05) is 11.9 Å². The number of hydrogen-bond acceptors (Lipinski definition) is 1. The number of hydrogen-bond donors (Lipinski definition) is 0. The molecule has 0 saturated heterocycles. The molecule has 0 radical (unpaired) electrons. The maximum Gasteiger partial charge on any atom is 0.0447 e. The summed E-state index contributed by atoms with van der Waals surface area (Å²) in [7, 11) is 2.16. The fraction of sp³-hybridized carbons (Fsp3) is 0.429. The molecule has 15 heavy (non-hydrogen) atoms. The molecule has 2 rings (SSSR count). The highest BCUT2D eigenvalue weighted by Crippen LogP contribution is 2.46. The van der Waals surface area contributed by atoms with E-state index in [-0.39, 0.29) is 5.41 Å². The summed E-state index contributed by atoms with van der Waals surface area (Å²) in [5.41, 5.74) is 4.36. The highest BCUT2D eigenvalue weighted by Gasteiger charge is 2.37. The van der Waals surface area contributed by atoms with Crippen molar-refractivity contribution in [2.24, 2.45) is 0 Å². The third-order valence-corrected chi connectivity index (χ3v) is 3.34. The number of benzene rings is 1. The second-order valence-electron chi connectivity index (χ2n) is 4.70. The normalized spacial score (nSPS) is 20.8. The number of likely N-dealkylation sites (N-methyl/N-ethyl adjacent to an activating group) is 1. The molecule has 80 valence electrons. The molecule has 0 unspecified atom stereocenters. The summed E-state index contributed by atoms with van der Waals surface area (Å²) in [6, 6.07) is 8.68. The summed E-state index contributed by atoms with van der Waals surface area (Å²) in [6.07, 6.45) is 3.43. The minimum atomic E-state index is 0.154. The predicted octanol–water partition coefficient (Wildman–Crippen LogP) is 3.71. The van der Waals surface area contributed by atoms with Gasteiger partial charge in [-0.05, 0) is 18.1 Å². The molecule has 1 aliphatic heterocycles. The van der Waals surface area contributed by atoms with E-state index in [1.54, 1.807) is 0 Å². The lowest BCUT2D eigenvalue weighted by atomic mass is 9.83. The van der Waals surface area contributed by atoms with Crippen molar-refractivity contribution in [3.8, 4) is 0 Å². The van der Waals surface area contributed by atoms with Gasteiger partial charge in [0.1, 0.15) is 0 Å². The van der Waals surface area contributed by atoms with Crippen LogP contribution in [0.15, 0.2) is 36.0 Å². The molecule has 0 N–H and O–H groups in total. The first-order chi connectivity index (χ1) is 7.09. The minimum absolute atomic E-state index is 0.154. The molecule has 0 atom stereocenters. The van der Waals surface area contributed by atoms with Gasteiger partial charge in [-0.15, -0.1) is 0 Å². The minimum Gasteiger partial charge on any atom is -0.347 e. The molecule has 0 aliphatic carbocycles. The summed E-state index contributed by atoms with van der Waals surface area (Å²) in [5, 5.41) is 0. The van der Waals surface area contributed by atoms with Crippen LogP contribution in [0.2, 0.25) is 0 Å². The van der Waals surface area contributed by atoms with E-state index in [9.17, 15) is 0 Å². The summed E-state index contributed by atoms with van der Waals surface area (Å²) in [4.78, 5) is 2.32. The first kappa shape index (κ1) is 10.3. The van der Waals surface area contributed by atoms with E-state index < -0.39 is 0 Å². The lowest BCUT2D eigenvalue weighted by Gasteiger charge is -2.24. The van der Waals surface area contributed by atoms with Gasteiger partial charge in [0, 0.05) is 23.8 Å².